The molecule has 0 spiro atoms. The summed E-state index contributed by atoms with van der Waals surface area (Å²) in [5.74, 6) is 0. The van der Waals surface area contributed by atoms with Crippen LogP contribution in [0.25, 0.3) is 11.1 Å². The summed E-state index contributed by atoms with van der Waals surface area (Å²) in [7, 11) is -30.5. The third-order valence-corrected chi connectivity index (χ3v) is 25.0. The van der Waals surface area contributed by atoms with Gasteiger partial charge in [-0.05, 0) is 152 Å². The molecule has 2 aromatic heterocycles. The summed E-state index contributed by atoms with van der Waals surface area (Å²) in [6.07, 6.45) is 7.46. The first kappa shape index (κ1) is 53.3. The van der Waals surface area contributed by atoms with Gasteiger partial charge in [-0.25, -0.2) is 42.1 Å². The van der Waals surface area contributed by atoms with Crippen LogP contribution >= 0.6 is 14.5 Å². The van der Waals surface area contributed by atoms with Gasteiger partial charge in [0, 0.05) is 24.3 Å². The molecule has 0 aliphatic carbocycles. The Bertz CT molecular complexity index is 3670. The molecule has 0 bridgehead atoms. The van der Waals surface area contributed by atoms with Crippen LogP contribution in [-0.2, 0) is 63.2 Å². The molecule has 73 heavy (non-hydrogen) atoms. The van der Waals surface area contributed by atoms with Crippen LogP contribution in [0, 0.1) is 6.92 Å². The number of pyridine rings is 2. The zero-order chi connectivity index (χ0) is 52.8. The minimum Gasteiger partial charge on any atom is -0.744 e. The topological polar surface area (TPSA) is 294 Å². The van der Waals surface area contributed by atoms with Crippen LogP contribution in [0.3, 0.4) is 0 Å². The predicted octanol–water partition coefficient (Wildman–Crippen LogP) is 2.66. The molecular weight excluding hydrogens is 1080 g/mol. The van der Waals surface area contributed by atoms with E-state index in [1.807, 2.05) is 72.4 Å². The van der Waals surface area contributed by atoms with Crippen molar-refractivity contribution in [3.05, 3.63) is 200 Å². The Balaban J connectivity index is 1.21. The molecule has 0 saturated carbocycles. The maximum Gasteiger partial charge on any atom is 0.262 e. The number of benzene rings is 6. The van der Waals surface area contributed by atoms with Crippen LogP contribution in [-0.4, -0.2) is 64.9 Å². The molecule has 2 heterocycles. The number of aryl methyl sites for hydroxylation is 1. The van der Waals surface area contributed by atoms with Crippen molar-refractivity contribution in [2.45, 2.75) is 44.0 Å². The Morgan fingerprint density at radius 1 is 0.301 bits per heavy atom. The van der Waals surface area contributed by atoms with Crippen molar-refractivity contribution in [1.82, 2.24) is 0 Å². The Kier molecular flexibility index (Phi) is 14.6. The smallest absolute Gasteiger partial charge is 0.262 e. The van der Waals surface area contributed by atoms with Crippen LogP contribution in [0.2, 0.25) is 0 Å². The van der Waals surface area contributed by atoms with Gasteiger partial charge in [-0.2, -0.15) is 9.13 Å². The van der Waals surface area contributed by atoms with Crippen molar-refractivity contribution in [2.24, 2.45) is 0 Å². The quantitative estimate of drug-likeness (QED) is 0.0763. The van der Waals surface area contributed by atoms with Crippen molar-refractivity contribution in [3.8, 4) is 11.1 Å². The maximum atomic E-state index is 12.0. The highest BCUT2D eigenvalue weighted by atomic mass is 32.2. The van der Waals surface area contributed by atoms with Gasteiger partial charge in [-0.3, -0.25) is 0 Å². The van der Waals surface area contributed by atoms with E-state index >= 15 is 0 Å². The lowest BCUT2D eigenvalue weighted by atomic mass is 10.1. The molecule has 0 fully saturated rings. The lowest BCUT2D eigenvalue weighted by Gasteiger charge is -2.25. The van der Waals surface area contributed by atoms with Crippen LogP contribution in [0.5, 0.6) is 0 Å². The highest BCUT2D eigenvalue weighted by molar-refractivity contribution is 7.95. The predicted molar refractivity (Wildman–Crippen MR) is 267 cm³/mol. The number of rotatable bonds is 16. The van der Waals surface area contributed by atoms with Crippen molar-refractivity contribution in [1.29, 1.82) is 0 Å². The third-order valence-electron chi connectivity index (χ3n) is 12.2. The molecule has 0 aliphatic heterocycles. The van der Waals surface area contributed by atoms with Gasteiger partial charge in [0.25, 0.3) is 12.6 Å². The molecule has 0 atom stereocenters. The van der Waals surface area contributed by atoms with Gasteiger partial charge in [0.2, 0.25) is 0 Å². The zero-order valence-corrected chi connectivity index (χ0v) is 43.7. The second-order valence-electron chi connectivity index (χ2n) is 16.7. The largest absolute Gasteiger partial charge is 0.744 e. The maximum absolute atomic E-state index is 12.0. The van der Waals surface area contributed by atoms with Gasteiger partial charge in [0.05, 0.1) is 24.5 Å². The van der Waals surface area contributed by atoms with Gasteiger partial charge in [-0.15, -0.1) is 0 Å². The molecule has 0 saturated heterocycles. The van der Waals surface area contributed by atoms with Crippen LogP contribution in [0.15, 0.2) is 219 Å². The first-order valence-corrected chi connectivity index (χ1v) is 32.3. The second kappa shape index (κ2) is 20.0. The molecule has 0 amide bonds. The molecule has 24 heteroatoms. The van der Waals surface area contributed by atoms with E-state index in [1.54, 1.807) is 41.2 Å². The summed E-state index contributed by atoms with van der Waals surface area (Å²) in [6.45, 7) is 1.91. The second-order valence-corrected chi connectivity index (χ2v) is 30.5. The van der Waals surface area contributed by atoms with E-state index in [9.17, 15) is 64.9 Å². The Labute approximate surface area is 423 Å². The fourth-order valence-electron chi connectivity index (χ4n) is 8.50. The van der Waals surface area contributed by atoms with E-state index in [0.717, 1.165) is 58.4 Å². The van der Waals surface area contributed by atoms with E-state index in [2.05, 4.69) is 0 Å². The zero-order valence-electron chi connectivity index (χ0n) is 37.8. The molecule has 8 aromatic rings. The van der Waals surface area contributed by atoms with Gasteiger partial charge in [0.15, 0.2) is 39.3 Å². The van der Waals surface area contributed by atoms with E-state index in [1.165, 1.54) is 60.7 Å². The monoisotopic (exact) mass is 1120 g/mol. The summed E-state index contributed by atoms with van der Waals surface area (Å²) in [5.41, 5.74) is 2.43. The Morgan fingerprint density at radius 2 is 0.479 bits per heavy atom. The first-order chi connectivity index (χ1) is 34.2. The van der Waals surface area contributed by atoms with E-state index < -0.39 is 89.6 Å². The standard InChI is InChI=1S/C49H40N2O15P2S5/c1-36-2-4-39(5-3-36)67(40-6-16-45(17-7-40)69(52,53)54,41-8-18-46(19-9-41)70(55,56)57)34-50-30-26-37(27-31-50)38-28-32-51(33-29-38)35-68(42-10-20-47(21-11-42)71(58,59)60,43-12-22-48(23-13-43)72(61,62)63)44-14-24-49(25-15-44)73(64,65)66/h2-33H,34-35H2,1H3,(H-4,52,53,54,55,56,57,58,59,60,61,62,63,64,65,66)/p-1. The van der Waals surface area contributed by atoms with Gasteiger partial charge in [0.1, 0.15) is 82.4 Å². The Morgan fingerprint density at radius 3 is 0.658 bits per heavy atom. The van der Waals surface area contributed by atoms with Gasteiger partial charge < -0.3 is 22.8 Å². The highest BCUT2D eigenvalue weighted by Crippen LogP contribution is 2.57. The van der Waals surface area contributed by atoms with Crippen molar-refractivity contribution in [2.75, 3.05) is 0 Å². The minimum absolute atomic E-state index is 0.0622. The van der Waals surface area contributed by atoms with Crippen molar-refractivity contribution < 1.29 is 74.0 Å². The molecular formula is C49H39N2O15P2S5-. The SMILES string of the molecule is Cc1ccc([P+](C[n+]2ccc(-c3cc[n+](C[P+](c4ccc(S(=O)(=O)[O-])cc4)(c4ccc(S(=O)(=O)[O-])cc4)c4ccc(S(=O)(=O)[O-])cc4)cc3)cc2)(c2ccc(S(=O)(=O)[O-])cc2)c2ccc(S(=O)(=O)[O-])cc2)cc1. The molecule has 17 nitrogen and oxygen atoms in total. The number of nitrogens with zero attached hydrogens (tertiary/aromatic N) is 2. The van der Waals surface area contributed by atoms with Crippen LogP contribution in [0.4, 0.5) is 0 Å². The normalized spacial score (nSPS) is 12.9. The molecule has 0 unspecified atom stereocenters. The molecule has 376 valence electrons. The summed E-state index contributed by atoms with van der Waals surface area (Å²) in [5, 5.41) is 3.49. The average Bonchev–Trinajstić information content (AvgIpc) is 3.34. The lowest BCUT2D eigenvalue weighted by Crippen LogP contribution is -2.44. The average molecular weight is 1120 g/mol. The van der Waals surface area contributed by atoms with Crippen molar-refractivity contribution in [3.63, 3.8) is 0 Å². The fourth-order valence-corrected chi connectivity index (χ4v) is 18.9. The molecule has 6 aromatic carbocycles. The van der Waals surface area contributed by atoms with E-state index in [0.29, 0.717) is 26.5 Å². The molecule has 0 radical (unpaired) electrons. The summed E-state index contributed by atoms with van der Waals surface area (Å²) < 4.78 is 184. The highest BCUT2D eigenvalue weighted by Gasteiger charge is 2.51. The van der Waals surface area contributed by atoms with E-state index in [4.69, 9.17) is 0 Å². The fraction of sp³-hybridized carbons (Fsp3) is 0.0612. The lowest BCUT2D eigenvalue weighted by molar-refractivity contribution is -0.677. The summed E-state index contributed by atoms with van der Waals surface area (Å²) in [6, 6.07) is 41.4. The summed E-state index contributed by atoms with van der Waals surface area (Å²) in [4.78, 5) is -2.47. The number of aromatic nitrogens is 2. The number of hydrogen-bond acceptors (Lipinski definition) is 15. The number of hydrogen-bond donors (Lipinski definition) is 0. The van der Waals surface area contributed by atoms with Crippen LogP contribution in [0.1, 0.15) is 5.56 Å². The van der Waals surface area contributed by atoms with E-state index in [-0.39, 0.29) is 12.6 Å². The summed E-state index contributed by atoms with van der Waals surface area (Å²) >= 11 is 0. The molecule has 0 aliphatic rings. The van der Waals surface area contributed by atoms with Crippen LogP contribution < -0.4 is 41.0 Å². The molecule has 8 rings (SSSR count). The van der Waals surface area contributed by atoms with Gasteiger partial charge in [-0.1, -0.05) is 17.7 Å². The minimum atomic E-state index is -4.89. The van der Waals surface area contributed by atoms with Gasteiger partial charge >= 0.3 is 0 Å². The third kappa shape index (κ3) is 11.4. The first-order valence-electron chi connectivity index (χ1n) is 21.3. The van der Waals surface area contributed by atoms with Crippen molar-refractivity contribution >= 4 is 96.9 Å². The Hall–Kier alpha value is -5.97. The molecule has 0 N–H and O–H groups in total.